The van der Waals surface area contributed by atoms with Crippen LogP contribution in [0.5, 0.6) is 0 Å². The quantitative estimate of drug-likeness (QED) is 0.913. The minimum atomic E-state index is -0.466. The van der Waals surface area contributed by atoms with Crippen molar-refractivity contribution >= 4 is 17.7 Å². The molecule has 2 atom stereocenters. The zero-order valence-electron chi connectivity index (χ0n) is 11.5. The largest absolute Gasteiger partial charge is 0.444 e. The Balaban J connectivity index is 2.01. The van der Waals surface area contributed by atoms with E-state index in [0.29, 0.717) is 0 Å². The van der Waals surface area contributed by atoms with Gasteiger partial charge in [0.1, 0.15) is 12.4 Å². The van der Waals surface area contributed by atoms with Gasteiger partial charge in [-0.1, -0.05) is 17.7 Å². The Bertz CT molecular complexity index is 468. The number of nitrogens with one attached hydrogen (secondary N) is 1. The molecular formula is C14H18ClFN2O2. The molecule has 0 radical (unpaired) electrons. The summed E-state index contributed by atoms with van der Waals surface area (Å²) in [5, 5.41) is 3.49. The maximum atomic E-state index is 13.6. The van der Waals surface area contributed by atoms with Crippen molar-refractivity contribution in [3.05, 3.63) is 34.6 Å². The van der Waals surface area contributed by atoms with Gasteiger partial charge < -0.3 is 15.0 Å². The number of carbonyl (C=O) groups is 1. The topological polar surface area (TPSA) is 41.6 Å². The number of ether oxygens (including phenoxy) is 1. The van der Waals surface area contributed by atoms with E-state index in [-0.39, 0.29) is 29.3 Å². The highest BCUT2D eigenvalue weighted by atomic mass is 35.5. The molecule has 1 aliphatic heterocycles. The van der Waals surface area contributed by atoms with E-state index in [1.54, 1.807) is 11.0 Å². The average Bonchev–Trinajstić information content (AvgIpc) is 2.38. The zero-order valence-corrected chi connectivity index (χ0v) is 12.3. The number of hydrogen-bond acceptors (Lipinski definition) is 3. The van der Waals surface area contributed by atoms with Crippen LogP contribution in [-0.2, 0) is 11.3 Å². The van der Waals surface area contributed by atoms with E-state index in [0.717, 1.165) is 13.1 Å². The normalized spacial score (nSPS) is 22.7. The summed E-state index contributed by atoms with van der Waals surface area (Å²) in [6.07, 6.45) is -0.439. The van der Waals surface area contributed by atoms with Crippen molar-refractivity contribution in [2.24, 2.45) is 0 Å². The number of piperazine rings is 1. The minimum Gasteiger partial charge on any atom is -0.444 e. The first kappa shape index (κ1) is 15.1. The molecule has 1 saturated heterocycles. The Morgan fingerprint density at radius 1 is 1.45 bits per heavy atom. The maximum absolute atomic E-state index is 13.6. The molecular weight excluding hydrogens is 283 g/mol. The van der Waals surface area contributed by atoms with Crippen LogP contribution in [0.25, 0.3) is 0 Å². The smallest absolute Gasteiger partial charge is 0.410 e. The number of nitrogens with zero attached hydrogens (tertiary/aromatic N) is 1. The Morgan fingerprint density at radius 2 is 2.10 bits per heavy atom. The van der Waals surface area contributed by atoms with Gasteiger partial charge in [-0.2, -0.15) is 0 Å². The SMILES string of the molecule is C[C@@H]1CNC[C@H](C)N1C(=O)OCc1c(F)cccc1Cl. The lowest BCUT2D eigenvalue weighted by molar-refractivity contribution is 0.0558. The second kappa shape index (κ2) is 6.41. The lowest BCUT2D eigenvalue weighted by Gasteiger charge is -2.38. The van der Waals surface area contributed by atoms with Crippen LogP contribution >= 0.6 is 11.6 Å². The van der Waals surface area contributed by atoms with E-state index < -0.39 is 11.9 Å². The van der Waals surface area contributed by atoms with Gasteiger partial charge in [-0.15, -0.1) is 0 Å². The first-order chi connectivity index (χ1) is 9.50. The molecule has 1 amide bonds. The van der Waals surface area contributed by atoms with Crippen LogP contribution in [0.3, 0.4) is 0 Å². The van der Waals surface area contributed by atoms with E-state index in [4.69, 9.17) is 16.3 Å². The van der Waals surface area contributed by atoms with Gasteiger partial charge in [0.15, 0.2) is 0 Å². The molecule has 0 unspecified atom stereocenters. The Morgan fingerprint density at radius 3 is 2.70 bits per heavy atom. The number of halogens is 2. The van der Waals surface area contributed by atoms with Crippen LogP contribution in [0.2, 0.25) is 5.02 Å². The van der Waals surface area contributed by atoms with E-state index in [1.807, 2.05) is 13.8 Å². The fraction of sp³-hybridized carbons (Fsp3) is 0.500. The van der Waals surface area contributed by atoms with Crippen molar-refractivity contribution in [2.75, 3.05) is 13.1 Å². The van der Waals surface area contributed by atoms with Crippen LogP contribution in [0.15, 0.2) is 18.2 Å². The third kappa shape index (κ3) is 3.22. The van der Waals surface area contributed by atoms with Gasteiger partial charge in [-0.05, 0) is 26.0 Å². The molecule has 110 valence electrons. The highest BCUT2D eigenvalue weighted by Gasteiger charge is 2.30. The fourth-order valence-electron chi connectivity index (χ4n) is 2.37. The predicted molar refractivity (Wildman–Crippen MR) is 75.2 cm³/mol. The summed E-state index contributed by atoms with van der Waals surface area (Å²) in [5.41, 5.74) is 0.206. The number of carbonyl (C=O) groups excluding carboxylic acids is 1. The van der Waals surface area contributed by atoms with Crippen molar-refractivity contribution in [3.8, 4) is 0 Å². The molecule has 1 fully saturated rings. The molecule has 0 saturated carbocycles. The Hall–Kier alpha value is -1.33. The summed E-state index contributed by atoms with van der Waals surface area (Å²) in [6.45, 7) is 5.17. The third-order valence-corrected chi connectivity index (χ3v) is 3.80. The van der Waals surface area contributed by atoms with Crippen molar-refractivity contribution in [2.45, 2.75) is 32.5 Å². The molecule has 6 heteroatoms. The van der Waals surface area contributed by atoms with Crippen LogP contribution in [0.1, 0.15) is 19.4 Å². The highest BCUT2D eigenvalue weighted by Crippen LogP contribution is 2.21. The van der Waals surface area contributed by atoms with Gasteiger partial charge in [0.2, 0.25) is 0 Å². The molecule has 0 aliphatic carbocycles. The molecule has 0 bridgehead atoms. The van der Waals surface area contributed by atoms with Gasteiger partial charge >= 0.3 is 6.09 Å². The second-order valence-corrected chi connectivity index (χ2v) is 5.43. The summed E-state index contributed by atoms with van der Waals surface area (Å²) in [4.78, 5) is 13.8. The van der Waals surface area contributed by atoms with Gasteiger partial charge in [0, 0.05) is 30.7 Å². The van der Waals surface area contributed by atoms with Gasteiger partial charge in [-0.3, -0.25) is 0 Å². The second-order valence-electron chi connectivity index (χ2n) is 5.02. The third-order valence-electron chi connectivity index (χ3n) is 3.44. The molecule has 1 aliphatic rings. The van der Waals surface area contributed by atoms with Crippen molar-refractivity contribution in [3.63, 3.8) is 0 Å². The molecule has 1 N–H and O–H groups in total. The van der Waals surface area contributed by atoms with Crippen molar-refractivity contribution < 1.29 is 13.9 Å². The average molecular weight is 301 g/mol. The molecule has 0 spiro atoms. The first-order valence-corrected chi connectivity index (χ1v) is 6.97. The lowest BCUT2D eigenvalue weighted by atomic mass is 10.1. The monoisotopic (exact) mass is 300 g/mol. The first-order valence-electron chi connectivity index (χ1n) is 6.59. The van der Waals surface area contributed by atoms with Crippen molar-refractivity contribution in [1.29, 1.82) is 0 Å². The van der Waals surface area contributed by atoms with Crippen LogP contribution in [-0.4, -0.2) is 36.2 Å². The molecule has 1 aromatic rings. The van der Waals surface area contributed by atoms with Crippen LogP contribution in [0.4, 0.5) is 9.18 Å². The standard InChI is InChI=1S/C14H18ClFN2O2/c1-9-6-17-7-10(2)18(9)14(19)20-8-11-12(15)4-3-5-13(11)16/h3-5,9-10,17H,6-8H2,1-2H3/t9-,10+. The van der Waals surface area contributed by atoms with E-state index >= 15 is 0 Å². The molecule has 0 aromatic heterocycles. The van der Waals surface area contributed by atoms with E-state index in [2.05, 4.69) is 5.32 Å². The predicted octanol–water partition coefficient (Wildman–Crippen LogP) is 2.80. The number of rotatable bonds is 2. The molecule has 20 heavy (non-hydrogen) atoms. The number of amides is 1. The molecule has 1 aromatic carbocycles. The van der Waals surface area contributed by atoms with Gasteiger partial charge in [-0.25, -0.2) is 9.18 Å². The minimum absolute atomic E-state index is 0.0438. The number of hydrogen-bond donors (Lipinski definition) is 1. The molecule has 4 nitrogen and oxygen atoms in total. The van der Waals surface area contributed by atoms with Gasteiger partial charge in [0.05, 0.1) is 5.02 Å². The van der Waals surface area contributed by atoms with E-state index in [1.165, 1.54) is 12.1 Å². The van der Waals surface area contributed by atoms with E-state index in [9.17, 15) is 9.18 Å². The molecule has 2 rings (SSSR count). The molecule has 1 heterocycles. The summed E-state index contributed by atoms with van der Waals surface area (Å²) < 4.78 is 18.8. The maximum Gasteiger partial charge on any atom is 0.410 e. The summed E-state index contributed by atoms with van der Waals surface area (Å²) >= 11 is 5.90. The zero-order chi connectivity index (χ0) is 14.7. The highest BCUT2D eigenvalue weighted by molar-refractivity contribution is 6.31. The lowest BCUT2D eigenvalue weighted by Crippen LogP contribution is -2.57. The van der Waals surface area contributed by atoms with Crippen LogP contribution in [0, 0.1) is 5.82 Å². The van der Waals surface area contributed by atoms with Gasteiger partial charge in [0.25, 0.3) is 0 Å². The fourth-order valence-corrected chi connectivity index (χ4v) is 2.59. The Labute approximate surface area is 122 Å². The number of benzene rings is 1. The van der Waals surface area contributed by atoms with Crippen LogP contribution < -0.4 is 5.32 Å². The Kier molecular flexibility index (Phi) is 4.83. The van der Waals surface area contributed by atoms with Crippen molar-refractivity contribution in [1.82, 2.24) is 10.2 Å². The summed E-state index contributed by atoms with van der Waals surface area (Å²) in [5.74, 6) is -0.466. The summed E-state index contributed by atoms with van der Waals surface area (Å²) in [7, 11) is 0. The summed E-state index contributed by atoms with van der Waals surface area (Å²) in [6, 6.07) is 4.47.